The van der Waals surface area contributed by atoms with E-state index >= 15 is 0 Å². The van der Waals surface area contributed by atoms with Gasteiger partial charge in [0.2, 0.25) is 10.0 Å². The van der Waals surface area contributed by atoms with E-state index in [0.29, 0.717) is 19.1 Å². The van der Waals surface area contributed by atoms with E-state index in [2.05, 4.69) is 4.72 Å². The fourth-order valence-corrected chi connectivity index (χ4v) is 3.21. The smallest absolute Gasteiger partial charge is 0.377 e. The Hall–Kier alpha value is -1.63. The van der Waals surface area contributed by atoms with Gasteiger partial charge in [0, 0.05) is 13.2 Å². The highest BCUT2D eigenvalue weighted by atomic mass is 32.2. The van der Waals surface area contributed by atoms with Gasteiger partial charge in [-0.25, -0.2) is 13.1 Å². The summed E-state index contributed by atoms with van der Waals surface area (Å²) in [6.45, 7) is 0.547. The van der Waals surface area contributed by atoms with E-state index in [1.807, 2.05) is 0 Å². The minimum atomic E-state index is -4.80. The highest BCUT2D eigenvalue weighted by Crippen LogP contribution is 2.33. The SMILES string of the molecule is N#Cc1ccc(S(=O)(=O)NCC2CCCO2)cc1C(F)(F)F. The van der Waals surface area contributed by atoms with E-state index < -0.39 is 32.2 Å². The molecule has 0 bridgehead atoms. The van der Waals surface area contributed by atoms with Crippen molar-refractivity contribution in [3.05, 3.63) is 29.3 Å². The maximum Gasteiger partial charge on any atom is 0.417 e. The van der Waals surface area contributed by atoms with Crippen molar-refractivity contribution in [2.45, 2.75) is 30.0 Å². The first-order valence-electron chi connectivity index (χ1n) is 6.46. The first kappa shape index (κ1) is 16.7. The average molecular weight is 334 g/mol. The van der Waals surface area contributed by atoms with E-state index in [9.17, 15) is 21.6 Å². The maximum absolute atomic E-state index is 12.8. The van der Waals surface area contributed by atoms with Crippen molar-refractivity contribution >= 4 is 10.0 Å². The summed E-state index contributed by atoms with van der Waals surface area (Å²) in [7, 11) is -4.09. The number of hydrogen-bond acceptors (Lipinski definition) is 4. The summed E-state index contributed by atoms with van der Waals surface area (Å²) >= 11 is 0. The quantitative estimate of drug-likeness (QED) is 0.914. The van der Waals surface area contributed by atoms with Crippen molar-refractivity contribution < 1.29 is 26.3 Å². The van der Waals surface area contributed by atoms with Gasteiger partial charge in [-0.15, -0.1) is 0 Å². The molecule has 0 radical (unpaired) electrons. The van der Waals surface area contributed by atoms with Crippen LogP contribution in [0, 0.1) is 11.3 Å². The van der Waals surface area contributed by atoms with Crippen molar-refractivity contribution in [3.8, 4) is 6.07 Å². The van der Waals surface area contributed by atoms with Crippen molar-refractivity contribution in [1.82, 2.24) is 4.72 Å². The number of rotatable bonds is 4. The zero-order valence-corrected chi connectivity index (χ0v) is 12.2. The maximum atomic E-state index is 12.8. The Morgan fingerprint density at radius 2 is 2.14 bits per heavy atom. The summed E-state index contributed by atoms with van der Waals surface area (Å²) < 4.78 is 70.1. The van der Waals surface area contributed by atoms with E-state index in [1.54, 1.807) is 0 Å². The molecule has 1 unspecified atom stereocenters. The Morgan fingerprint density at radius 1 is 1.41 bits per heavy atom. The molecular weight excluding hydrogens is 321 g/mol. The standard InChI is InChI=1S/C13H13F3N2O3S/c14-13(15,16)12-6-11(4-3-9(12)7-17)22(19,20)18-8-10-2-1-5-21-10/h3-4,6,10,18H,1-2,5,8H2. The lowest BCUT2D eigenvalue weighted by atomic mass is 10.1. The number of nitriles is 1. The highest BCUT2D eigenvalue weighted by Gasteiger charge is 2.35. The molecule has 0 spiro atoms. The predicted octanol–water partition coefficient (Wildman–Crippen LogP) is 2.03. The summed E-state index contributed by atoms with van der Waals surface area (Å²) in [6.07, 6.45) is -3.55. The van der Waals surface area contributed by atoms with Crippen molar-refractivity contribution in [2.24, 2.45) is 0 Å². The Kier molecular flexibility index (Phi) is 4.75. The molecule has 2 rings (SSSR count). The van der Waals surface area contributed by atoms with Gasteiger partial charge in [0.05, 0.1) is 28.2 Å². The number of ether oxygens (including phenoxy) is 1. The lowest BCUT2D eigenvalue weighted by molar-refractivity contribution is -0.137. The Balaban J connectivity index is 2.25. The lowest BCUT2D eigenvalue weighted by Gasteiger charge is -2.13. The van der Waals surface area contributed by atoms with Crippen LogP contribution in [-0.2, 0) is 20.9 Å². The molecule has 1 fully saturated rings. The highest BCUT2D eigenvalue weighted by molar-refractivity contribution is 7.89. The van der Waals surface area contributed by atoms with Gasteiger partial charge in [0.15, 0.2) is 0 Å². The van der Waals surface area contributed by atoms with Gasteiger partial charge in [-0.05, 0) is 31.0 Å². The molecule has 1 saturated heterocycles. The third-order valence-electron chi connectivity index (χ3n) is 3.25. The third kappa shape index (κ3) is 3.76. The molecule has 9 heteroatoms. The van der Waals surface area contributed by atoms with Crippen LogP contribution in [0.15, 0.2) is 23.1 Å². The first-order chi connectivity index (χ1) is 10.2. The second-order valence-corrected chi connectivity index (χ2v) is 6.57. The normalized spacial score (nSPS) is 19.1. The van der Waals surface area contributed by atoms with Gasteiger partial charge < -0.3 is 4.74 Å². The Labute approximate surface area is 125 Å². The van der Waals surface area contributed by atoms with Gasteiger partial charge >= 0.3 is 6.18 Å². The zero-order chi connectivity index (χ0) is 16.4. The van der Waals surface area contributed by atoms with Crippen LogP contribution in [0.5, 0.6) is 0 Å². The van der Waals surface area contributed by atoms with Gasteiger partial charge in [-0.3, -0.25) is 0 Å². The summed E-state index contributed by atoms with van der Waals surface area (Å²) in [5.74, 6) is 0. The van der Waals surface area contributed by atoms with Gasteiger partial charge in [0.25, 0.3) is 0 Å². The summed E-state index contributed by atoms with van der Waals surface area (Å²) in [5.41, 5.74) is -1.89. The van der Waals surface area contributed by atoms with Gasteiger partial charge in [-0.1, -0.05) is 0 Å². The van der Waals surface area contributed by atoms with E-state index in [1.165, 1.54) is 6.07 Å². The summed E-state index contributed by atoms with van der Waals surface area (Å²) in [6, 6.07) is 3.70. The average Bonchev–Trinajstić information content (AvgIpc) is 2.97. The first-order valence-corrected chi connectivity index (χ1v) is 7.95. The number of nitrogens with zero attached hydrogens (tertiary/aromatic N) is 1. The van der Waals surface area contributed by atoms with Crippen molar-refractivity contribution in [1.29, 1.82) is 5.26 Å². The van der Waals surface area contributed by atoms with Crippen molar-refractivity contribution in [3.63, 3.8) is 0 Å². The molecule has 1 N–H and O–H groups in total. The van der Waals surface area contributed by atoms with Gasteiger partial charge in [-0.2, -0.15) is 18.4 Å². The monoisotopic (exact) mass is 334 g/mol. The minimum Gasteiger partial charge on any atom is -0.377 e. The van der Waals surface area contributed by atoms with Crippen LogP contribution in [0.1, 0.15) is 24.0 Å². The molecule has 1 atom stereocenters. The molecule has 0 aliphatic carbocycles. The molecular formula is C13H13F3N2O3S. The van der Waals surface area contributed by atoms with E-state index in [0.717, 1.165) is 18.6 Å². The number of benzene rings is 1. The number of hydrogen-bond donors (Lipinski definition) is 1. The fraction of sp³-hybridized carbons (Fsp3) is 0.462. The predicted molar refractivity (Wildman–Crippen MR) is 70.3 cm³/mol. The molecule has 0 saturated carbocycles. The molecule has 0 aromatic heterocycles. The number of nitrogens with one attached hydrogen (secondary N) is 1. The molecule has 22 heavy (non-hydrogen) atoms. The number of halogens is 3. The second kappa shape index (κ2) is 6.24. The Bertz CT molecular complexity index is 689. The van der Waals surface area contributed by atoms with Crippen LogP contribution < -0.4 is 4.72 Å². The largest absolute Gasteiger partial charge is 0.417 e. The molecule has 1 heterocycles. The topological polar surface area (TPSA) is 79.2 Å². The fourth-order valence-electron chi connectivity index (χ4n) is 2.11. The zero-order valence-electron chi connectivity index (χ0n) is 11.4. The van der Waals surface area contributed by atoms with Crippen molar-refractivity contribution in [2.75, 3.05) is 13.2 Å². The number of alkyl halides is 3. The third-order valence-corrected chi connectivity index (χ3v) is 4.67. The molecule has 1 aliphatic rings. The minimum absolute atomic E-state index is 0.00366. The van der Waals surface area contributed by atoms with E-state index in [-0.39, 0.29) is 12.6 Å². The van der Waals surface area contributed by atoms with Crippen LogP contribution in [0.25, 0.3) is 0 Å². The molecule has 1 aromatic carbocycles. The molecule has 1 aliphatic heterocycles. The van der Waals surface area contributed by atoms with Crippen LogP contribution in [0.4, 0.5) is 13.2 Å². The van der Waals surface area contributed by atoms with Gasteiger partial charge in [0.1, 0.15) is 0 Å². The molecule has 1 aromatic rings. The van der Waals surface area contributed by atoms with Crippen LogP contribution >= 0.6 is 0 Å². The summed E-state index contributed by atoms with van der Waals surface area (Å²) in [5, 5.41) is 8.69. The summed E-state index contributed by atoms with van der Waals surface area (Å²) in [4.78, 5) is -0.531. The molecule has 0 amide bonds. The van der Waals surface area contributed by atoms with Crippen LogP contribution in [0.2, 0.25) is 0 Å². The molecule has 5 nitrogen and oxygen atoms in total. The Morgan fingerprint density at radius 3 is 2.68 bits per heavy atom. The van der Waals surface area contributed by atoms with E-state index in [4.69, 9.17) is 10.00 Å². The molecule has 120 valence electrons. The lowest BCUT2D eigenvalue weighted by Crippen LogP contribution is -2.32. The van der Waals surface area contributed by atoms with Crippen LogP contribution in [0.3, 0.4) is 0 Å². The second-order valence-electron chi connectivity index (χ2n) is 4.80. The van der Waals surface area contributed by atoms with Crippen LogP contribution in [-0.4, -0.2) is 27.7 Å². The number of sulfonamides is 1.